The highest BCUT2D eigenvalue weighted by molar-refractivity contribution is 5.40. The lowest BCUT2D eigenvalue weighted by Gasteiger charge is -2.04. The Balaban J connectivity index is 2.46. The van der Waals surface area contributed by atoms with E-state index in [2.05, 4.69) is 43.8 Å². The summed E-state index contributed by atoms with van der Waals surface area (Å²) in [7, 11) is 0. The van der Waals surface area contributed by atoms with Crippen LogP contribution in [-0.2, 0) is 12.8 Å². The molecule has 1 aliphatic rings. The molecule has 1 aliphatic carbocycles. The summed E-state index contributed by atoms with van der Waals surface area (Å²) in [5.41, 5.74) is 5.52. The van der Waals surface area contributed by atoms with Gasteiger partial charge in [-0.1, -0.05) is 48.1 Å². The third-order valence-electron chi connectivity index (χ3n) is 2.46. The number of hydrogen-bond acceptors (Lipinski definition) is 0. The second-order valence-corrected chi connectivity index (χ2v) is 3.77. The lowest BCUT2D eigenvalue weighted by Crippen LogP contribution is -1.91. The molecule has 0 saturated carbocycles. The number of rotatable bonds is 0. The largest absolute Gasteiger partial charge is 0.0955 e. The maximum atomic E-state index is 4.05. The van der Waals surface area contributed by atoms with Crippen molar-refractivity contribution in [1.29, 1.82) is 0 Å². The van der Waals surface area contributed by atoms with E-state index in [9.17, 15) is 0 Å². The van der Waals surface area contributed by atoms with E-state index in [4.69, 9.17) is 0 Å². The Morgan fingerprint density at radius 2 is 1.69 bits per heavy atom. The van der Waals surface area contributed by atoms with Crippen LogP contribution < -0.4 is 0 Å². The van der Waals surface area contributed by atoms with Gasteiger partial charge in [0, 0.05) is 0 Å². The van der Waals surface area contributed by atoms with Crippen LogP contribution in [0.3, 0.4) is 0 Å². The Morgan fingerprint density at radius 1 is 1.08 bits per heavy atom. The molecule has 0 spiro atoms. The van der Waals surface area contributed by atoms with E-state index in [0.29, 0.717) is 0 Å². The van der Waals surface area contributed by atoms with Crippen LogP contribution in [0.1, 0.15) is 18.1 Å². The average molecular weight is 170 g/mol. The van der Waals surface area contributed by atoms with Crippen LogP contribution in [0, 0.1) is 0 Å². The fraction of sp³-hybridized carbons (Fsp3) is 0.231. The molecule has 0 nitrogen and oxygen atoms in total. The van der Waals surface area contributed by atoms with E-state index >= 15 is 0 Å². The fourth-order valence-electron chi connectivity index (χ4n) is 1.90. The molecule has 0 amide bonds. The normalized spacial score (nSPS) is 16.1. The van der Waals surface area contributed by atoms with Crippen LogP contribution >= 0.6 is 0 Å². The summed E-state index contributed by atoms with van der Waals surface area (Å²) in [5.74, 6) is 0. The molecule has 1 aromatic carbocycles. The van der Waals surface area contributed by atoms with Crippen molar-refractivity contribution in [3.63, 3.8) is 0 Å². The van der Waals surface area contributed by atoms with Gasteiger partial charge in [0.2, 0.25) is 0 Å². The van der Waals surface area contributed by atoms with Gasteiger partial charge in [0.15, 0.2) is 0 Å². The number of allylic oxidation sites excluding steroid dienone is 3. The van der Waals surface area contributed by atoms with Crippen molar-refractivity contribution >= 4 is 0 Å². The topological polar surface area (TPSA) is 0 Å². The van der Waals surface area contributed by atoms with Crippen LogP contribution in [0.4, 0.5) is 0 Å². The molecule has 0 atom stereocenters. The Kier molecular flexibility index (Phi) is 2.05. The minimum atomic E-state index is 1.01. The van der Waals surface area contributed by atoms with E-state index in [1.165, 1.54) is 22.3 Å². The molecule has 0 bridgehead atoms. The molecule has 0 aromatic heterocycles. The highest BCUT2D eigenvalue weighted by Crippen LogP contribution is 2.21. The predicted molar refractivity (Wildman–Crippen MR) is 56.7 cm³/mol. The summed E-state index contributed by atoms with van der Waals surface area (Å²) in [6.45, 7) is 6.22. The minimum absolute atomic E-state index is 1.01. The van der Waals surface area contributed by atoms with E-state index in [1.54, 1.807) is 0 Å². The van der Waals surface area contributed by atoms with Crippen LogP contribution in [-0.4, -0.2) is 0 Å². The first-order valence-electron chi connectivity index (χ1n) is 4.67. The first kappa shape index (κ1) is 8.31. The summed E-state index contributed by atoms with van der Waals surface area (Å²) in [6.07, 6.45) is 4.29. The molecule has 0 fully saturated rings. The summed E-state index contributed by atoms with van der Waals surface area (Å²) in [5, 5.41) is 0. The van der Waals surface area contributed by atoms with Crippen LogP contribution in [0.15, 0.2) is 48.1 Å². The first-order chi connectivity index (χ1) is 6.25. The van der Waals surface area contributed by atoms with Crippen molar-refractivity contribution in [2.45, 2.75) is 19.8 Å². The lowest BCUT2D eigenvalue weighted by atomic mass is 10.0. The average Bonchev–Trinajstić information content (AvgIpc) is 2.20. The van der Waals surface area contributed by atoms with E-state index in [-0.39, 0.29) is 0 Å². The molecule has 66 valence electrons. The molecule has 0 unspecified atom stereocenters. The molecular formula is C13H14. The van der Waals surface area contributed by atoms with Gasteiger partial charge in [-0.05, 0) is 30.9 Å². The minimum Gasteiger partial charge on any atom is -0.0955 e. The highest BCUT2D eigenvalue weighted by atomic mass is 14.1. The van der Waals surface area contributed by atoms with Gasteiger partial charge >= 0.3 is 0 Å². The summed E-state index contributed by atoms with van der Waals surface area (Å²) in [4.78, 5) is 0. The predicted octanol–water partition coefficient (Wildman–Crippen LogP) is 3.29. The summed E-state index contributed by atoms with van der Waals surface area (Å²) in [6, 6.07) is 8.63. The SMILES string of the molecule is C=C1C=C(C)Cc2ccccc2C1. The van der Waals surface area contributed by atoms with Crippen LogP contribution in [0.2, 0.25) is 0 Å². The number of benzene rings is 1. The van der Waals surface area contributed by atoms with E-state index in [1.807, 2.05) is 0 Å². The van der Waals surface area contributed by atoms with Crippen molar-refractivity contribution in [2.75, 3.05) is 0 Å². The van der Waals surface area contributed by atoms with E-state index in [0.717, 1.165) is 12.8 Å². The maximum Gasteiger partial charge on any atom is -0.00288 e. The molecule has 0 heterocycles. The van der Waals surface area contributed by atoms with Crippen LogP contribution in [0.25, 0.3) is 0 Å². The smallest absolute Gasteiger partial charge is 0.00288 e. The van der Waals surface area contributed by atoms with Gasteiger partial charge in [-0.3, -0.25) is 0 Å². The highest BCUT2D eigenvalue weighted by Gasteiger charge is 2.07. The third-order valence-corrected chi connectivity index (χ3v) is 2.46. The fourth-order valence-corrected chi connectivity index (χ4v) is 1.90. The van der Waals surface area contributed by atoms with Gasteiger partial charge < -0.3 is 0 Å². The molecule has 0 saturated heterocycles. The quantitative estimate of drug-likeness (QED) is 0.560. The van der Waals surface area contributed by atoms with Gasteiger partial charge in [0.25, 0.3) is 0 Å². The van der Waals surface area contributed by atoms with Gasteiger partial charge in [0.05, 0.1) is 0 Å². The van der Waals surface area contributed by atoms with Gasteiger partial charge in [-0.25, -0.2) is 0 Å². The molecule has 0 N–H and O–H groups in total. The van der Waals surface area contributed by atoms with Crippen molar-refractivity contribution in [3.8, 4) is 0 Å². The third kappa shape index (κ3) is 1.72. The molecule has 1 aromatic rings. The van der Waals surface area contributed by atoms with Crippen LogP contribution in [0.5, 0.6) is 0 Å². The number of fused-ring (bicyclic) bond motifs is 1. The Morgan fingerprint density at radius 3 is 2.38 bits per heavy atom. The first-order valence-corrected chi connectivity index (χ1v) is 4.67. The molecular weight excluding hydrogens is 156 g/mol. The van der Waals surface area contributed by atoms with Crippen molar-refractivity contribution < 1.29 is 0 Å². The Labute approximate surface area is 79.6 Å². The summed E-state index contributed by atoms with van der Waals surface area (Å²) >= 11 is 0. The van der Waals surface area contributed by atoms with Crippen molar-refractivity contribution in [1.82, 2.24) is 0 Å². The lowest BCUT2D eigenvalue weighted by molar-refractivity contribution is 1.12. The maximum absolute atomic E-state index is 4.05. The second-order valence-electron chi connectivity index (χ2n) is 3.77. The molecule has 0 radical (unpaired) electrons. The molecule has 2 rings (SSSR count). The molecule has 13 heavy (non-hydrogen) atoms. The van der Waals surface area contributed by atoms with Gasteiger partial charge in [0.1, 0.15) is 0 Å². The summed E-state index contributed by atoms with van der Waals surface area (Å²) < 4.78 is 0. The Bertz CT molecular complexity index is 369. The number of hydrogen-bond donors (Lipinski definition) is 0. The van der Waals surface area contributed by atoms with Gasteiger partial charge in [-0.2, -0.15) is 0 Å². The molecule has 0 heteroatoms. The van der Waals surface area contributed by atoms with E-state index < -0.39 is 0 Å². The standard InChI is InChI=1S/C13H14/c1-10-7-11(2)9-13-6-4-3-5-12(13)8-10/h3-7H,1,8-9H2,2H3. The monoisotopic (exact) mass is 170 g/mol. The van der Waals surface area contributed by atoms with Gasteiger partial charge in [-0.15, -0.1) is 0 Å². The Hall–Kier alpha value is -1.30. The zero-order valence-electron chi connectivity index (χ0n) is 8.01. The molecule has 0 aliphatic heterocycles. The van der Waals surface area contributed by atoms with Crippen molar-refractivity contribution in [3.05, 3.63) is 59.2 Å². The zero-order valence-corrected chi connectivity index (χ0v) is 8.01. The second kappa shape index (κ2) is 3.21. The van der Waals surface area contributed by atoms with Crippen molar-refractivity contribution in [2.24, 2.45) is 0 Å². The zero-order chi connectivity index (χ0) is 9.26.